The van der Waals surface area contributed by atoms with Gasteiger partial charge in [-0.25, -0.2) is 4.99 Å². The van der Waals surface area contributed by atoms with Crippen molar-refractivity contribution in [3.05, 3.63) is 24.6 Å². The van der Waals surface area contributed by atoms with Crippen molar-refractivity contribution in [1.82, 2.24) is 0 Å². The van der Waals surface area contributed by atoms with Gasteiger partial charge >= 0.3 is 0 Å². The third-order valence-electron chi connectivity index (χ3n) is 0.956. The molecule has 0 rings (SSSR count). The van der Waals surface area contributed by atoms with Crippen LogP contribution in [-0.4, -0.2) is 12.8 Å². The topological polar surface area (TPSA) is 21.6 Å². The number of terminal acetylenes is 1. The van der Waals surface area contributed by atoms with Crippen molar-refractivity contribution in [3.8, 4) is 12.3 Å². The van der Waals surface area contributed by atoms with E-state index < -0.39 is 0 Å². The van der Waals surface area contributed by atoms with Crippen molar-refractivity contribution in [1.29, 1.82) is 0 Å². The molecule has 0 N–H and O–H groups in total. The summed E-state index contributed by atoms with van der Waals surface area (Å²) in [4.78, 5) is 3.95. The van der Waals surface area contributed by atoms with Gasteiger partial charge in [0.05, 0.1) is 12.8 Å². The second kappa shape index (κ2) is 5.31. The average Bonchev–Trinajstić information content (AvgIpc) is 2.03. The Balaban J connectivity index is 4.45. The largest absolute Gasteiger partial charge is 0.481 e. The van der Waals surface area contributed by atoms with Crippen molar-refractivity contribution >= 4 is 5.71 Å². The molecule has 2 heteroatoms. The van der Waals surface area contributed by atoms with Crippen LogP contribution in [0.4, 0.5) is 0 Å². The number of hydrogen-bond donors (Lipinski definition) is 0. The van der Waals surface area contributed by atoms with Crippen LogP contribution < -0.4 is 0 Å². The van der Waals surface area contributed by atoms with E-state index in [1.165, 1.54) is 7.11 Å². The molecule has 0 atom stereocenters. The number of rotatable bonds is 3. The second-order valence-electron chi connectivity index (χ2n) is 1.79. The van der Waals surface area contributed by atoms with Crippen LogP contribution in [0.5, 0.6) is 0 Å². The summed E-state index contributed by atoms with van der Waals surface area (Å²) in [5.41, 5.74) is 0.583. The molecule has 0 heterocycles. The summed E-state index contributed by atoms with van der Waals surface area (Å²) in [6.07, 6.45) is 8.31. The van der Waals surface area contributed by atoms with Crippen molar-refractivity contribution in [3.63, 3.8) is 0 Å². The Hall–Kier alpha value is -1.49. The zero-order valence-electron chi connectivity index (χ0n) is 6.79. The van der Waals surface area contributed by atoms with E-state index in [-0.39, 0.29) is 0 Å². The highest BCUT2D eigenvalue weighted by atomic mass is 16.5. The van der Waals surface area contributed by atoms with Gasteiger partial charge in [-0.3, -0.25) is 0 Å². The summed E-state index contributed by atoms with van der Waals surface area (Å²) >= 11 is 0. The Kier molecular flexibility index (Phi) is 4.59. The molecule has 0 fully saturated rings. The molecule has 0 aromatic carbocycles. The van der Waals surface area contributed by atoms with Crippen LogP contribution >= 0.6 is 0 Å². The van der Waals surface area contributed by atoms with E-state index in [0.29, 0.717) is 11.6 Å². The van der Waals surface area contributed by atoms with Gasteiger partial charge in [0, 0.05) is 0 Å². The van der Waals surface area contributed by atoms with Crippen LogP contribution in [0.3, 0.4) is 0 Å². The molecule has 0 saturated carbocycles. The Morgan fingerprint density at radius 3 is 2.73 bits per heavy atom. The minimum Gasteiger partial charge on any atom is -0.481 e. The number of hydrogen-bond acceptors (Lipinski definition) is 2. The molecule has 0 aromatic rings. The summed E-state index contributed by atoms with van der Waals surface area (Å²) in [6.45, 7) is 5.24. The van der Waals surface area contributed by atoms with Crippen LogP contribution in [0.15, 0.2) is 29.6 Å². The molecule has 0 radical (unpaired) electrons. The number of nitrogens with zero attached hydrogens (tertiary/aromatic N) is 1. The van der Waals surface area contributed by atoms with Crippen LogP contribution in [-0.2, 0) is 4.74 Å². The van der Waals surface area contributed by atoms with Crippen molar-refractivity contribution in [2.45, 2.75) is 6.92 Å². The predicted octanol–water partition coefficient (Wildman–Crippen LogP) is 1.75. The highest BCUT2D eigenvalue weighted by Gasteiger charge is 1.89. The van der Waals surface area contributed by atoms with Crippen LogP contribution in [0.2, 0.25) is 0 Å². The van der Waals surface area contributed by atoms with E-state index in [0.717, 1.165) is 0 Å². The van der Waals surface area contributed by atoms with Gasteiger partial charge in [0.15, 0.2) is 0 Å². The van der Waals surface area contributed by atoms with Crippen molar-refractivity contribution < 1.29 is 4.74 Å². The fourth-order valence-electron chi connectivity index (χ4n) is 0.449. The molecular formula is C9H11NO. The Morgan fingerprint density at radius 2 is 2.36 bits per heavy atom. The predicted molar refractivity (Wildman–Crippen MR) is 47.2 cm³/mol. The summed E-state index contributed by atoms with van der Waals surface area (Å²) in [6, 6.07) is 0. The van der Waals surface area contributed by atoms with E-state index >= 15 is 0 Å². The second-order valence-corrected chi connectivity index (χ2v) is 1.79. The zero-order chi connectivity index (χ0) is 8.69. The van der Waals surface area contributed by atoms with Gasteiger partial charge in [0.25, 0.3) is 0 Å². The maximum absolute atomic E-state index is 5.08. The van der Waals surface area contributed by atoms with Crippen LogP contribution in [0, 0.1) is 12.3 Å². The third-order valence-corrected chi connectivity index (χ3v) is 0.956. The minimum absolute atomic E-state index is 0.468. The lowest BCUT2D eigenvalue weighted by molar-refractivity contribution is 0.289. The van der Waals surface area contributed by atoms with E-state index in [9.17, 15) is 0 Å². The van der Waals surface area contributed by atoms with Crippen molar-refractivity contribution in [2.75, 3.05) is 7.11 Å². The normalized spacial score (nSPS) is 12.1. The first-order chi connectivity index (χ1) is 5.24. The standard InChI is InChI=1S/C9H11NO/c1-5-7-9(11-4)10-8(3)6-2/h2,5,7H,1H2,3-4H3/b9-7+,10-8?. The molecular weight excluding hydrogens is 138 g/mol. The Morgan fingerprint density at radius 1 is 1.73 bits per heavy atom. The molecule has 0 aliphatic carbocycles. The molecule has 2 nitrogen and oxygen atoms in total. The van der Waals surface area contributed by atoms with Crippen LogP contribution in [0.25, 0.3) is 0 Å². The van der Waals surface area contributed by atoms with Gasteiger partial charge in [-0.2, -0.15) is 0 Å². The van der Waals surface area contributed by atoms with Gasteiger partial charge < -0.3 is 4.74 Å². The molecule has 11 heavy (non-hydrogen) atoms. The molecule has 0 saturated heterocycles. The van der Waals surface area contributed by atoms with E-state index in [1.54, 1.807) is 19.1 Å². The molecule has 0 aromatic heterocycles. The Bertz CT molecular complexity index is 230. The molecule has 0 aliphatic heterocycles. The molecule has 0 aliphatic rings. The average molecular weight is 149 g/mol. The van der Waals surface area contributed by atoms with Gasteiger partial charge in [-0.1, -0.05) is 18.6 Å². The lowest BCUT2D eigenvalue weighted by Gasteiger charge is -1.97. The fourth-order valence-corrected chi connectivity index (χ4v) is 0.449. The van der Waals surface area contributed by atoms with E-state index in [4.69, 9.17) is 11.2 Å². The van der Waals surface area contributed by atoms with Gasteiger partial charge in [-0.05, 0) is 13.0 Å². The fraction of sp³-hybridized carbons (Fsp3) is 0.222. The lowest BCUT2D eigenvalue weighted by atomic mass is 10.4. The highest BCUT2D eigenvalue weighted by Crippen LogP contribution is 1.97. The minimum atomic E-state index is 0.468. The van der Waals surface area contributed by atoms with Gasteiger partial charge in [0.2, 0.25) is 5.88 Å². The summed E-state index contributed by atoms with van der Waals surface area (Å²) in [5, 5.41) is 0. The lowest BCUT2D eigenvalue weighted by Crippen LogP contribution is -1.88. The Labute approximate surface area is 67.3 Å². The monoisotopic (exact) mass is 149 g/mol. The smallest absolute Gasteiger partial charge is 0.213 e. The number of methoxy groups -OCH3 is 1. The van der Waals surface area contributed by atoms with Crippen LogP contribution in [0.1, 0.15) is 6.92 Å². The van der Waals surface area contributed by atoms with E-state index in [2.05, 4.69) is 17.5 Å². The quantitative estimate of drug-likeness (QED) is 0.259. The summed E-state index contributed by atoms with van der Waals surface area (Å²) in [7, 11) is 1.53. The number of aliphatic imine (C=N–C) groups is 1. The molecule has 0 spiro atoms. The number of allylic oxidation sites excluding steroid dienone is 2. The number of ether oxygens (including phenoxy) is 1. The molecule has 0 bridgehead atoms. The highest BCUT2D eigenvalue weighted by molar-refractivity contribution is 5.98. The summed E-state index contributed by atoms with van der Waals surface area (Å²) < 4.78 is 4.87. The zero-order valence-corrected chi connectivity index (χ0v) is 6.79. The van der Waals surface area contributed by atoms with E-state index in [1.807, 2.05) is 0 Å². The first-order valence-corrected chi connectivity index (χ1v) is 3.13. The van der Waals surface area contributed by atoms with Crippen molar-refractivity contribution in [2.24, 2.45) is 4.99 Å². The first kappa shape index (κ1) is 9.51. The first-order valence-electron chi connectivity index (χ1n) is 3.13. The maximum Gasteiger partial charge on any atom is 0.213 e. The third kappa shape index (κ3) is 3.99. The summed E-state index contributed by atoms with van der Waals surface area (Å²) in [5.74, 6) is 2.85. The molecule has 58 valence electrons. The maximum atomic E-state index is 5.08. The SMILES string of the molecule is C#CC(C)=N/C(=C\C=C)OC. The molecule has 0 unspecified atom stereocenters. The van der Waals surface area contributed by atoms with Gasteiger partial charge in [-0.15, -0.1) is 6.42 Å². The molecule has 0 amide bonds. The van der Waals surface area contributed by atoms with Gasteiger partial charge in [0.1, 0.15) is 0 Å².